The number of aldehydes is 1. The fourth-order valence-electron chi connectivity index (χ4n) is 2.34. The summed E-state index contributed by atoms with van der Waals surface area (Å²) in [6.45, 7) is 11.6. The summed E-state index contributed by atoms with van der Waals surface area (Å²) in [5.74, 6) is 0. The fraction of sp³-hybridized carbons (Fsp3) is 0.611. The molecule has 0 atom stereocenters. The van der Waals surface area contributed by atoms with E-state index in [0.29, 0.717) is 6.42 Å². The molecule has 2 rings (SSSR count). The first-order chi connectivity index (χ1) is 10.7. The number of rotatable bonds is 6. The molecule has 1 aliphatic rings. The Kier molecular flexibility index (Phi) is 9.71. The number of carbonyl (C=O) groups excluding carboxylic acids is 1. The van der Waals surface area contributed by atoms with Crippen LogP contribution < -0.4 is 0 Å². The van der Waals surface area contributed by atoms with E-state index in [2.05, 4.69) is 41.0 Å². The van der Waals surface area contributed by atoms with E-state index in [1.165, 1.54) is 11.1 Å². The summed E-state index contributed by atoms with van der Waals surface area (Å²) in [7, 11) is 1.77. The van der Waals surface area contributed by atoms with Gasteiger partial charge >= 0.3 is 0 Å². The standard InChI is InChI=1S/C15H24N2O.C3H6O/c1-14-3-5-15(6-4-14)13-17-9-7-16(8-10-17)11-12-18-2;1-2-3-4/h3-6H,7-13H2,1-2H3;3H,2H2,1H3. The quantitative estimate of drug-likeness (QED) is 0.755. The molecule has 0 saturated carbocycles. The van der Waals surface area contributed by atoms with Gasteiger partial charge in [0, 0.05) is 52.8 Å². The average molecular weight is 306 g/mol. The van der Waals surface area contributed by atoms with Crippen molar-refractivity contribution in [3.63, 3.8) is 0 Å². The fourth-order valence-corrected chi connectivity index (χ4v) is 2.34. The Hall–Kier alpha value is -1.23. The third-order valence-corrected chi connectivity index (χ3v) is 3.77. The minimum Gasteiger partial charge on any atom is -0.383 e. The second kappa shape index (κ2) is 11.4. The molecule has 0 amide bonds. The minimum atomic E-state index is 0.639. The van der Waals surface area contributed by atoms with Crippen molar-refractivity contribution in [2.24, 2.45) is 0 Å². The molecular formula is C18H30N2O2. The SMILES string of the molecule is CCC=O.COCCN1CCN(Cc2ccc(C)cc2)CC1. The molecule has 1 saturated heterocycles. The summed E-state index contributed by atoms with van der Waals surface area (Å²) in [5, 5.41) is 0. The number of hydrogen-bond acceptors (Lipinski definition) is 4. The van der Waals surface area contributed by atoms with E-state index in [9.17, 15) is 4.79 Å². The van der Waals surface area contributed by atoms with Gasteiger partial charge in [-0.2, -0.15) is 0 Å². The lowest BCUT2D eigenvalue weighted by Crippen LogP contribution is -2.46. The molecule has 0 unspecified atom stereocenters. The van der Waals surface area contributed by atoms with E-state index in [1.54, 1.807) is 7.11 Å². The number of carbonyl (C=O) groups is 1. The molecule has 22 heavy (non-hydrogen) atoms. The van der Waals surface area contributed by atoms with E-state index in [0.717, 1.165) is 52.2 Å². The number of piperazine rings is 1. The number of hydrogen-bond donors (Lipinski definition) is 0. The Balaban J connectivity index is 0.000000541. The molecule has 0 radical (unpaired) electrons. The molecule has 1 fully saturated rings. The maximum atomic E-state index is 9.17. The summed E-state index contributed by atoms with van der Waals surface area (Å²) in [6, 6.07) is 8.88. The number of aryl methyl sites for hydroxylation is 1. The minimum absolute atomic E-state index is 0.639. The van der Waals surface area contributed by atoms with Gasteiger partial charge in [0.05, 0.1) is 6.61 Å². The molecule has 4 heteroatoms. The molecular weight excluding hydrogens is 276 g/mol. The summed E-state index contributed by atoms with van der Waals surface area (Å²) in [4.78, 5) is 14.2. The third-order valence-electron chi connectivity index (χ3n) is 3.77. The number of ether oxygens (including phenoxy) is 1. The van der Waals surface area contributed by atoms with Gasteiger partial charge in [0.25, 0.3) is 0 Å². The Bertz CT molecular complexity index is 398. The highest BCUT2D eigenvalue weighted by Gasteiger charge is 2.16. The number of benzene rings is 1. The van der Waals surface area contributed by atoms with Gasteiger partial charge in [-0.15, -0.1) is 0 Å². The Labute approximate surface area is 135 Å². The smallest absolute Gasteiger partial charge is 0.119 e. The molecule has 0 spiro atoms. The van der Waals surface area contributed by atoms with Crippen LogP contribution in [-0.2, 0) is 16.1 Å². The van der Waals surface area contributed by atoms with Gasteiger partial charge in [-0.25, -0.2) is 0 Å². The van der Waals surface area contributed by atoms with Crippen LogP contribution in [0.1, 0.15) is 24.5 Å². The molecule has 1 aliphatic heterocycles. The van der Waals surface area contributed by atoms with Gasteiger partial charge in [0.2, 0.25) is 0 Å². The van der Waals surface area contributed by atoms with Gasteiger partial charge in [0.15, 0.2) is 0 Å². The van der Waals surface area contributed by atoms with Crippen molar-refractivity contribution in [1.29, 1.82) is 0 Å². The largest absolute Gasteiger partial charge is 0.383 e. The first kappa shape index (κ1) is 18.8. The van der Waals surface area contributed by atoms with Crippen LogP contribution in [0.15, 0.2) is 24.3 Å². The van der Waals surface area contributed by atoms with Crippen molar-refractivity contribution in [2.75, 3.05) is 46.4 Å². The van der Waals surface area contributed by atoms with E-state index in [4.69, 9.17) is 4.74 Å². The van der Waals surface area contributed by atoms with Crippen LogP contribution >= 0.6 is 0 Å². The maximum Gasteiger partial charge on any atom is 0.119 e. The van der Waals surface area contributed by atoms with Crippen molar-refractivity contribution in [3.05, 3.63) is 35.4 Å². The summed E-state index contributed by atoms with van der Waals surface area (Å²) in [6.07, 6.45) is 1.51. The topological polar surface area (TPSA) is 32.8 Å². The van der Waals surface area contributed by atoms with Crippen molar-refractivity contribution in [2.45, 2.75) is 26.8 Å². The molecule has 0 aromatic heterocycles. The van der Waals surface area contributed by atoms with Crippen LogP contribution in [0.3, 0.4) is 0 Å². The predicted molar refractivity (Wildman–Crippen MR) is 91.1 cm³/mol. The molecule has 0 N–H and O–H groups in total. The van der Waals surface area contributed by atoms with Gasteiger partial charge in [-0.3, -0.25) is 9.80 Å². The van der Waals surface area contributed by atoms with Crippen LogP contribution in [0.2, 0.25) is 0 Å². The van der Waals surface area contributed by atoms with E-state index in [-0.39, 0.29) is 0 Å². The molecule has 0 bridgehead atoms. The van der Waals surface area contributed by atoms with Crippen molar-refractivity contribution >= 4 is 6.29 Å². The van der Waals surface area contributed by atoms with Crippen molar-refractivity contribution in [1.82, 2.24) is 9.80 Å². The summed E-state index contributed by atoms with van der Waals surface area (Å²) in [5.41, 5.74) is 2.76. The van der Waals surface area contributed by atoms with E-state index < -0.39 is 0 Å². The lowest BCUT2D eigenvalue weighted by Gasteiger charge is -2.34. The van der Waals surface area contributed by atoms with Gasteiger partial charge in [0.1, 0.15) is 6.29 Å². The lowest BCUT2D eigenvalue weighted by molar-refractivity contribution is -0.107. The normalized spacial score (nSPS) is 16.0. The maximum absolute atomic E-state index is 9.17. The zero-order valence-corrected chi connectivity index (χ0v) is 14.3. The zero-order chi connectivity index (χ0) is 16.2. The Morgan fingerprint density at radius 1 is 1.09 bits per heavy atom. The highest BCUT2D eigenvalue weighted by atomic mass is 16.5. The monoisotopic (exact) mass is 306 g/mol. The molecule has 4 nitrogen and oxygen atoms in total. The zero-order valence-electron chi connectivity index (χ0n) is 14.3. The third kappa shape index (κ3) is 7.69. The van der Waals surface area contributed by atoms with Gasteiger partial charge in [-0.1, -0.05) is 36.8 Å². The van der Waals surface area contributed by atoms with Crippen LogP contribution in [-0.4, -0.2) is 62.5 Å². The second-order valence-electron chi connectivity index (χ2n) is 5.67. The Morgan fingerprint density at radius 2 is 1.64 bits per heavy atom. The first-order valence-corrected chi connectivity index (χ1v) is 8.12. The van der Waals surface area contributed by atoms with Crippen LogP contribution in [0.25, 0.3) is 0 Å². The highest BCUT2D eigenvalue weighted by Crippen LogP contribution is 2.09. The van der Waals surface area contributed by atoms with E-state index in [1.807, 2.05) is 6.92 Å². The van der Waals surface area contributed by atoms with Gasteiger partial charge < -0.3 is 9.53 Å². The highest BCUT2D eigenvalue weighted by molar-refractivity contribution is 5.48. The van der Waals surface area contributed by atoms with E-state index >= 15 is 0 Å². The summed E-state index contributed by atoms with van der Waals surface area (Å²) >= 11 is 0. The van der Waals surface area contributed by atoms with Crippen LogP contribution in [0.4, 0.5) is 0 Å². The molecule has 1 aromatic carbocycles. The summed E-state index contributed by atoms with van der Waals surface area (Å²) < 4.78 is 5.12. The lowest BCUT2D eigenvalue weighted by atomic mass is 10.1. The number of methoxy groups -OCH3 is 1. The predicted octanol–water partition coefficient (Wildman–Crippen LogP) is 2.35. The first-order valence-electron chi connectivity index (χ1n) is 8.12. The van der Waals surface area contributed by atoms with Crippen LogP contribution in [0, 0.1) is 6.92 Å². The van der Waals surface area contributed by atoms with Crippen molar-refractivity contribution < 1.29 is 9.53 Å². The molecule has 1 heterocycles. The molecule has 1 aromatic rings. The molecule has 124 valence electrons. The Morgan fingerprint density at radius 3 is 2.14 bits per heavy atom. The number of nitrogens with zero attached hydrogens (tertiary/aromatic N) is 2. The molecule has 0 aliphatic carbocycles. The van der Waals surface area contributed by atoms with Crippen molar-refractivity contribution in [3.8, 4) is 0 Å². The van der Waals surface area contributed by atoms with Gasteiger partial charge in [-0.05, 0) is 12.5 Å². The second-order valence-corrected chi connectivity index (χ2v) is 5.67. The van der Waals surface area contributed by atoms with Crippen LogP contribution in [0.5, 0.6) is 0 Å². The average Bonchev–Trinajstić information content (AvgIpc) is 2.56.